The highest BCUT2D eigenvalue weighted by atomic mass is 35.5. The lowest BCUT2D eigenvalue weighted by Gasteiger charge is -2.31. The van der Waals surface area contributed by atoms with Gasteiger partial charge in [0, 0.05) is 23.4 Å². The van der Waals surface area contributed by atoms with E-state index in [0.29, 0.717) is 18.4 Å². The second kappa shape index (κ2) is 9.05. The quantitative estimate of drug-likeness (QED) is 0.268. The number of hydrogen-bond acceptors (Lipinski definition) is 4. The molecule has 0 radical (unpaired) electrons. The van der Waals surface area contributed by atoms with E-state index in [4.69, 9.17) is 26.8 Å². The second-order valence-electron chi connectivity index (χ2n) is 6.38. The summed E-state index contributed by atoms with van der Waals surface area (Å²) < 4.78 is 51.4. The van der Waals surface area contributed by atoms with E-state index in [1.807, 2.05) is 0 Å². The van der Waals surface area contributed by atoms with Crippen LogP contribution in [-0.2, 0) is 26.2 Å². The molecule has 0 bridgehead atoms. The fraction of sp³-hybridized carbons (Fsp3) is 0.500. The SMILES string of the molecule is COCOCCc1cc(NC=O)c([C@@](N)(/C=C/C2CC2)C(F)(F)F)cc1Cl. The van der Waals surface area contributed by atoms with Crippen molar-refractivity contribution in [3.63, 3.8) is 0 Å². The van der Waals surface area contributed by atoms with Crippen molar-refractivity contribution in [2.45, 2.75) is 31.0 Å². The number of alkyl halides is 3. The van der Waals surface area contributed by atoms with Crippen molar-refractivity contribution < 1.29 is 27.4 Å². The van der Waals surface area contributed by atoms with Gasteiger partial charge in [-0.05, 0) is 42.9 Å². The number of ether oxygens (including phenoxy) is 2. The first kappa shape index (κ1) is 21.7. The first-order chi connectivity index (χ1) is 12.7. The van der Waals surface area contributed by atoms with Gasteiger partial charge in [-0.3, -0.25) is 4.79 Å². The highest BCUT2D eigenvalue weighted by Crippen LogP contribution is 2.44. The van der Waals surface area contributed by atoms with Gasteiger partial charge < -0.3 is 20.5 Å². The van der Waals surface area contributed by atoms with E-state index in [-0.39, 0.29) is 35.6 Å². The van der Waals surface area contributed by atoms with Gasteiger partial charge in [-0.1, -0.05) is 23.8 Å². The predicted octanol–water partition coefficient (Wildman–Crippen LogP) is 3.75. The molecule has 1 aliphatic carbocycles. The van der Waals surface area contributed by atoms with Crippen LogP contribution < -0.4 is 11.1 Å². The van der Waals surface area contributed by atoms with E-state index in [0.717, 1.165) is 25.0 Å². The number of carbonyl (C=O) groups excluding carboxylic acids is 1. The minimum Gasteiger partial charge on any atom is -0.359 e. The maximum absolute atomic E-state index is 13.8. The Morgan fingerprint density at radius 1 is 1.37 bits per heavy atom. The van der Waals surface area contributed by atoms with E-state index >= 15 is 0 Å². The summed E-state index contributed by atoms with van der Waals surface area (Å²) in [6.45, 7) is 0.336. The Hall–Kier alpha value is -1.61. The van der Waals surface area contributed by atoms with E-state index in [2.05, 4.69) is 5.32 Å². The highest BCUT2D eigenvalue weighted by molar-refractivity contribution is 6.31. The van der Waals surface area contributed by atoms with Gasteiger partial charge in [-0.15, -0.1) is 0 Å². The largest absolute Gasteiger partial charge is 0.414 e. The van der Waals surface area contributed by atoms with Crippen LogP contribution in [0.25, 0.3) is 0 Å². The van der Waals surface area contributed by atoms with Gasteiger partial charge in [0.1, 0.15) is 6.79 Å². The maximum atomic E-state index is 13.8. The molecule has 1 aromatic carbocycles. The average molecular weight is 407 g/mol. The number of benzene rings is 1. The number of methoxy groups -OCH3 is 1. The van der Waals surface area contributed by atoms with Crippen LogP contribution in [-0.4, -0.2) is 33.1 Å². The van der Waals surface area contributed by atoms with Crippen LogP contribution in [0.3, 0.4) is 0 Å². The molecule has 2 rings (SSSR count). The number of carbonyl (C=O) groups is 1. The molecule has 9 heteroatoms. The zero-order valence-corrected chi connectivity index (χ0v) is 15.6. The number of hydrogen-bond donors (Lipinski definition) is 2. The van der Waals surface area contributed by atoms with Crippen LogP contribution in [0.1, 0.15) is 24.0 Å². The number of nitrogens with two attached hydrogens (primary N) is 1. The van der Waals surface area contributed by atoms with Crippen molar-refractivity contribution in [2.75, 3.05) is 25.8 Å². The fourth-order valence-corrected chi connectivity index (χ4v) is 2.83. The molecule has 27 heavy (non-hydrogen) atoms. The Bertz CT molecular complexity index is 693. The van der Waals surface area contributed by atoms with Crippen LogP contribution in [0.4, 0.5) is 18.9 Å². The van der Waals surface area contributed by atoms with Gasteiger partial charge in [0.2, 0.25) is 6.41 Å². The standard InChI is InChI=1S/C18H22ClF3N2O3/c1-26-11-27-7-5-13-8-16(24-10-25)14(9-15(13)19)17(23,18(20,21)22)6-4-12-2-3-12/h4,6,8-10,12H,2-3,5,7,11,23H2,1H3,(H,24,25)/b6-4+/t17-/m0/s1. The van der Waals surface area contributed by atoms with Crippen LogP contribution >= 0.6 is 11.6 Å². The molecule has 5 nitrogen and oxygen atoms in total. The van der Waals surface area contributed by atoms with E-state index < -0.39 is 11.7 Å². The molecule has 0 saturated heterocycles. The molecular formula is C18H22ClF3N2O3. The summed E-state index contributed by atoms with van der Waals surface area (Å²) in [5, 5.41) is 2.42. The Kier molecular flexibility index (Phi) is 7.27. The maximum Gasteiger partial charge on any atom is 0.414 e. The molecular weight excluding hydrogens is 385 g/mol. The smallest absolute Gasteiger partial charge is 0.359 e. The number of anilines is 1. The van der Waals surface area contributed by atoms with Crippen LogP contribution in [0, 0.1) is 5.92 Å². The van der Waals surface area contributed by atoms with Gasteiger partial charge in [-0.2, -0.15) is 13.2 Å². The first-order valence-electron chi connectivity index (χ1n) is 8.37. The summed E-state index contributed by atoms with van der Waals surface area (Å²) in [4.78, 5) is 10.9. The summed E-state index contributed by atoms with van der Waals surface area (Å²) >= 11 is 6.20. The summed E-state index contributed by atoms with van der Waals surface area (Å²) in [5.74, 6) is 0.102. The van der Waals surface area contributed by atoms with Crippen LogP contribution in [0.15, 0.2) is 24.3 Å². The van der Waals surface area contributed by atoms with Gasteiger partial charge in [-0.25, -0.2) is 0 Å². The number of nitrogens with one attached hydrogen (secondary N) is 1. The minimum absolute atomic E-state index is 0.0450. The van der Waals surface area contributed by atoms with Gasteiger partial charge >= 0.3 is 6.18 Å². The molecule has 0 unspecified atom stereocenters. The summed E-state index contributed by atoms with van der Waals surface area (Å²) in [6, 6.07) is 2.55. The van der Waals surface area contributed by atoms with Crippen molar-refractivity contribution in [1.29, 1.82) is 0 Å². The lowest BCUT2D eigenvalue weighted by atomic mass is 9.86. The summed E-state index contributed by atoms with van der Waals surface area (Å²) in [7, 11) is 1.47. The topological polar surface area (TPSA) is 73.6 Å². The molecule has 1 saturated carbocycles. The molecule has 1 amide bonds. The molecule has 0 spiro atoms. The molecule has 0 aromatic heterocycles. The lowest BCUT2D eigenvalue weighted by Crippen LogP contribution is -2.49. The Labute approximate surface area is 160 Å². The van der Waals surface area contributed by atoms with Crippen molar-refractivity contribution in [3.8, 4) is 0 Å². The van der Waals surface area contributed by atoms with Gasteiger partial charge in [0.25, 0.3) is 0 Å². The van der Waals surface area contributed by atoms with E-state index in [1.54, 1.807) is 0 Å². The number of halogens is 4. The zero-order chi connectivity index (χ0) is 20.1. The van der Waals surface area contributed by atoms with Crippen molar-refractivity contribution in [1.82, 2.24) is 0 Å². The minimum atomic E-state index is -4.77. The molecule has 150 valence electrons. The predicted molar refractivity (Wildman–Crippen MR) is 96.5 cm³/mol. The highest BCUT2D eigenvalue weighted by Gasteiger charge is 2.53. The Morgan fingerprint density at radius 2 is 2.07 bits per heavy atom. The third-order valence-electron chi connectivity index (χ3n) is 4.29. The number of rotatable bonds is 10. The summed E-state index contributed by atoms with van der Waals surface area (Å²) in [5.41, 5.74) is 3.19. The third kappa shape index (κ3) is 5.44. The molecule has 1 aliphatic rings. The van der Waals surface area contributed by atoms with Crippen molar-refractivity contribution in [2.24, 2.45) is 11.7 Å². The normalized spacial score (nSPS) is 17.1. The molecule has 3 N–H and O–H groups in total. The molecule has 0 aliphatic heterocycles. The monoisotopic (exact) mass is 406 g/mol. The average Bonchev–Trinajstić information content (AvgIpc) is 3.42. The van der Waals surface area contributed by atoms with E-state index in [9.17, 15) is 18.0 Å². The molecule has 1 fully saturated rings. The molecule has 0 heterocycles. The fourth-order valence-electron chi connectivity index (χ4n) is 2.57. The van der Waals surface area contributed by atoms with Gasteiger partial charge in [0.05, 0.1) is 6.61 Å². The lowest BCUT2D eigenvalue weighted by molar-refractivity contribution is -0.174. The zero-order valence-electron chi connectivity index (χ0n) is 14.8. The van der Waals surface area contributed by atoms with E-state index in [1.165, 1.54) is 19.3 Å². The van der Waals surface area contributed by atoms with Crippen molar-refractivity contribution in [3.05, 3.63) is 40.4 Å². The molecule has 1 aromatic rings. The number of allylic oxidation sites excluding steroid dienone is 1. The van der Waals surface area contributed by atoms with Crippen LogP contribution in [0.5, 0.6) is 0 Å². The molecule has 1 atom stereocenters. The van der Waals surface area contributed by atoms with Crippen LogP contribution in [0.2, 0.25) is 5.02 Å². The third-order valence-corrected chi connectivity index (χ3v) is 4.64. The number of amides is 1. The van der Waals surface area contributed by atoms with Crippen molar-refractivity contribution >= 4 is 23.7 Å². The van der Waals surface area contributed by atoms with Gasteiger partial charge in [0.15, 0.2) is 5.54 Å². The Morgan fingerprint density at radius 3 is 2.63 bits per heavy atom. The summed E-state index contributed by atoms with van der Waals surface area (Å²) in [6.07, 6.45) is -0.0383. The first-order valence-corrected chi connectivity index (χ1v) is 8.75. The second-order valence-corrected chi connectivity index (χ2v) is 6.79. The Balaban J connectivity index is 2.42.